The Hall–Kier alpha value is -1.46. The van der Waals surface area contributed by atoms with Crippen LogP contribution in [0.3, 0.4) is 0 Å². The highest BCUT2D eigenvalue weighted by molar-refractivity contribution is 9.10. The Bertz CT molecular complexity index is 712. The molecule has 21 heavy (non-hydrogen) atoms. The number of nitrogens with zero attached hydrogens (tertiary/aromatic N) is 1. The summed E-state index contributed by atoms with van der Waals surface area (Å²) in [6, 6.07) is 8.49. The highest BCUT2D eigenvalue weighted by Gasteiger charge is 2.23. The maximum absolute atomic E-state index is 12.0. The van der Waals surface area contributed by atoms with Crippen LogP contribution in [-0.4, -0.2) is 17.1 Å². The molecule has 1 aromatic heterocycles. The van der Waals surface area contributed by atoms with Crippen molar-refractivity contribution in [2.45, 2.75) is 31.8 Å². The van der Waals surface area contributed by atoms with E-state index >= 15 is 0 Å². The lowest BCUT2D eigenvalue weighted by Crippen LogP contribution is -2.22. The zero-order chi connectivity index (χ0) is 14.8. The number of aromatic amines is 1. The van der Waals surface area contributed by atoms with E-state index in [1.165, 1.54) is 11.1 Å². The van der Waals surface area contributed by atoms with E-state index in [2.05, 4.69) is 50.2 Å². The summed E-state index contributed by atoms with van der Waals surface area (Å²) in [6.07, 6.45) is 2.96. The number of H-pyrrole nitrogens is 1. The van der Waals surface area contributed by atoms with Gasteiger partial charge < -0.3 is 9.72 Å². The molecule has 0 fully saturated rings. The van der Waals surface area contributed by atoms with Crippen LogP contribution >= 0.6 is 15.9 Å². The number of aryl methyl sites for hydroxylation is 1. The van der Waals surface area contributed by atoms with Crippen LogP contribution in [-0.2, 0) is 24.2 Å². The first-order chi connectivity index (χ1) is 10.2. The molecule has 4 nitrogen and oxygen atoms in total. The van der Waals surface area contributed by atoms with E-state index in [0.29, 0.717) is 16.8 Å². The first kappa shape index (κ1) is 14.5. The van der Waals surface area contributed by atoms with Gasteiger partial charge in [0.1, 0.15) is 10.3 Å². The van der Waals surface area contributed by atoms with Crippen molar-refractivity contribution in [2.24, 2.45) is 0 Å². The second-order valence-corrected chi connectivity index (χ2v) is 6.15. The molecule has 0 amide bonds. The minimum absolute atomic E-state index is 0.133. The molecule has 1 aromatic carbocycles. The molecule has 2 aromatic rings. The molecular weight excluding hydrogens is 332 g/mol. The van der Waals surface area contributed by atoms with Crippen LogP contribution in [0.4, 0.5) is 0 Å². The Morgan fingerprint density at radius 3 is 2.90 bits per heavy atom. The summed E-state index contributed by atoms with van der Waals surface area (Å²) in [5.41, 5.74) is 3.29. The summed E-state index contributed by atoms with van der Waals surface area (Å²) in [6.45, 7) is 0.334. The van der Waals surface area contributed by atoms with E-state index in [-0.39, 0.29) is 11.5 Å². The molecule has 0 saturated heterocycles. The van der Waals surface area contributed by atoms with Gasteiger partial charge in [0.05, 0.1) is 12.3 Å². The highest BCUT2D eigenvalue weighted by atomic mass is 79.9. The topological polar surface area (TPSA) is 55.0 Å². The molecule has 1 N–H and O–H groups in total. The predicted octanol–water partition coefficient (Wildman–Crippen LogP) is 2.95. The van der Waals surface area contributed by atoms with E-state index < -0.39 is 0 Å². The Kier molecular flexibility index (Phi) is 4.22. The van der Waals surface area contributed by atoms with E-state index in [1.54, 1.807) is 7.11 Å². The molecule has 0 saturated carbocycles. The Morgan fingerprint density at radius 2 is 2.14 bits per heavy atom. The molecular formula is C16H17BrN2O2. The average molecular weight is 349 g/mol. The molecule has 5 heteroatoms. The third-order valence-electron chi connectivity index (χ3n) is 3.96. The summed E-state index contributed by atoms with van der Waals surface area (Å²) in [7, 11) is 1.60. The zero-order valence-electron chi connectivity index (χ0n) is 11.9. The van der Waals surface area contributed by atoms with E-state index in [1.807, 2.05) is 0 Å². The van der Waals surface area contributed by atoms with Gasteiger partial charge in [0.25, 0.3) is 5.56 Å². The molecule has 3 rings (SSSR count). The average Bonchev–Trinajstić information content (AvgIpc) is 2.51. The molecule has 0 aliphatic heterocycles. The lowest BCUT2D eigenvalue weighted by molar-refractivity contribution is 0.180. The van der Waals surface area contributed by atoms with Crippen LogP contribution in [0.5, 0.6) is 0 Å². The van der Waals surface area contributed by atoms with Gasteiger partial charge in [0, 0.05) is 13.0 Å². The third kappa shape index (κ3) is 2.94. The predicted molar refractivity (Wildman–Crippen MR) is 84.5 cm³/mol. The summed E-state index contributed by atoms with van der Waals surface area (Å²) in [5, 5.41) is 0. The smallest absolute Gasteiger partial charge is 0.265 e. The first-order valence-corrected chi connectivity index (χ1v) is 7.82. The summed E-state index contributed by atoms with van der Waals surface area (Å²) >= 11 is 3.28. The Morgan fingerprint density at radius 1 is 1.38 bits per heavy atom. The van der Waals surface area contributed by atoms with Gasteiger partial charge >= 0.3 is 0 Å². The van der Waals surface area contributed by atoms with Crippen molar-refractivity contribution >= 4 is 15.9 Å². The lowest BCUT2D eigenvalue weighted by Gasteiger charge is -2.24. The molecule has 1 unspecified atom stereocenters. The number of hydrogen-bond acceptors (Lipinski definition) is 3. The molecule has 0 bridgehead atoms. The molecule has 1 heterocycles. The quantitative estimate of drug-likeness (QED) is 0.927. The highest BCUT2D eigenvalue weighted by Crippen LogP contribution is 2.31. The number of hydrogen-bond donors (Lipinski definition) is 1. The van der Waals surface area contributed by atoms with Crippen molar-refractivity contribution in [3.63, 3.8) is 0 Å². The number of fused-ring (bicyclic) bond motifs is 1. The van der Waals surface area contributed by atoms with Crippen molar-refractivity contribution in [3.05, 3.63) is 61.7 Å². The van der Waals surface area contributed by atoms with Crippen molar-refractivity contribution in [1.29, 1.82) is 0 Å². The standard InChI is InChI=1S/C16H17BrN2O2/c1-21-9-13-14(17)16(20)19-15(18-13)12-7-6-10-4-2-3-5-11(10)8-12/h2-5,12H,6-9H2,1H3,(H,18,19,20). The number of halogens is 1. The number of rotatable bonds is 3. The van der Waals surface area contributed by atoms with Gasteiger partial charge in [-0.3, -0.25) is 4.79 Å². The first-order valence-electron chi connectivity index (χ1n) is 7.03. The number of nitrogens with one attached hydrogen (secondary N) is 1. The summed E-state index contributed by atoms with van der Waals surface area (Å²) in [4.78, 5) is 19.5. The fraction of sp³-hybridized carbons (Fsp3) is 0.375. The van der Waals surface area contributed by atoms with Gasteiger partial charge in [0.2, 0.25) is 0 Å². The molecule has 0 radical (unpaired) electrons. The second kappa shape index (κ2) is 6.12. The molecule has 1 atom stereocenters. The molecule has 1 aliphatic carbocycles. The SMILES string of the molecule is COCc1nc(C2CCc3ccccc3C2)[nH]c(=O)c1Br. The minimum atomic E-state index is -0.133. The van der Waals surface area contributed by atoms with Crippen LogP contribution in [0.2, 0.25) is 0 Å². The van der Waals surface area contributed by atoms with Crippen LogP contribution in [0.1, 0.15) is 35.0 Å². The number of aromatic nitrogens is 2. The van der Waals surface area contributed by atoms with Crippen LogP contribution in [0.15, 0.2) is 33.5 Å². The maximum atomic E-state index is 12.0. The summed E-state index contributed by atoms with van der Waals surface area (Å²) < 4.78 is 5.58. The van der Waals surface area contributed by atoms with E-state index in [9.17, 15) is 4.79 Å². The molecule has 0 spiro atoms. The molecule has 110 valence electrons. The largest absolute Gasteiger partial charge is 0.378 e. The van der Waals surface area contributed by atoms with Gasteiger partial charge in [-0.25, -0.2) is 4.98 Å². The third-order valence-corrected chi connectivity index (χ3v) is 4.78. The van der Waals surface area contributed by atoms with Crippen molar-refractivity contribution in [2.75, 3.05) is 7.11 Å². The second-order valence-electron chi connectivity index (χ2n) is 5.35. The minimum Gasteiger partial charge on any atom is -0.378 e. The van der Waals surface area contributed by atoms with Gasteiger partial charge in [-0.2, -0.15) is 0 Å². The number of benzene rings is 1. The monoisotopic (exact) mass is 348 g/mol. The van der Waals surface area contributed by atoms with Crippen molar-refractivity contribution in [1.82, 2.24) is 9.97 Å². The summed E-state index contributed by atoms with van der Waals surface area (Å²) in [5.74, 6) is 1.03. The number of ether oxygens (including phenoxy) is 1. The van der Waals surface area contributed by atoms with Gasteiger partial charge in [-0.15, -0.1) is 0 Å². The molecule has 1 aliphatic rings. The van der Waals surface area contributed by atoms with E-state index in [4.69, 9.17) is 4.74 Å². The van der Waals surface area contributed by atoms with Crippen LogP contribution in [0, 0.1) is 0 Å². The fourth-order valence-electron chi connectivity index (χ4n) is 2.88. The van der Waals surface area contributed by atoms with Crippen LogP contribution in [0.25, 0.3) is 0 Å². The Balaban J connectivity index is 1.93. The normalized spacial score (nSPS) is 17.5. The van der Waals surface area contributed by atoms with E-state index in [0.717, 1.165) is 25.1 Å². The van der Waals surface area contributed by atoms with Gasteiger partial charge in [0.15, 0.2) is 0 Å². The lowest BCUT2D eigenvalue weighted by atomic mass is 9.83. The maximum Gasteiger partial charge on any atom is 0.265 e. The van der Waals surface area contributed by atoms with Crippen LogP contribution < -0.4 is 5.56 Å². The van der Waals surface area contributed by atoms with Crippen molar-refractivity contribution in [3.8, 4) is 0 Å². The van der Waals surface area contributed by atoms with Gasteiger partial charge in [-0.05, 0) is 46.3 Å². The Labute approximate surface area is 131 Å². The van der Waals surface area contributed by atoms with Gasteiger partial charge in [-0.1, -0.05) is 24.3 Å². The van der Waals surface area contributed by atoms with Crippen molar-refractivity contribution < 1.29 is 4.74 Å². The zero-order valence-corrected chi connectivity index (χ0v) is 13.4. The number of methoxy groups -OCH3 is 1. The fourth-order valence-corrected chi connectivity index (χ4v) is 3.18.